The molecule has 0 radical (unpaired) electrons. The Morgan fingerprint density at radius 3 is 2.74 bits per heavy atom. The number of hydrogen-bond donors (Lipinski definition) is 3. The number of rotatable bonds is 7. The van der Waals surface area contributed by atoms with Crippen molar-refractivity contribution in [3.63, 3.8) is 0 Å². The summed E-state index contributed by atoms with van der Waals surface area (Å²) in [6, 6.07) is 10.4. The van der Waals surface area contributed by atoms with Gasteiger partial charge in [0.25, 0.3) is 0 Å². The van der Waals surface area contributed by atoms with Crippen molar-refractivity contribution in [2.45, 2.75) is 44.6 Å². The maximum absolute atomic E-state index is 10.6. The number of nitrogens with zero attached hydrogens (tertiary/aromatic N) is 3. The highest BCUT2D eigenvalue weighted by atomic mass is 16.3. The molecule has 2 aromatic heterocycles. The van der Waals surface area contributed by atoms with Crippen molar-refractivity contribution in [1.29, 1.82) is 0 Å². The van der Waals surface area contributed by atoms with E-state index in [1.54, 1.807) is 12.5 Å². The minimum atomic E-state index is -0.188. The molecule has 142 valence electrons. The number of aromatic nitrogens is 4. The zero-order chi connectivity index (χ0) is 18.5. The molecule has 0 amide bonds. The van der Waals surface area contributed by atoms with E-state index in [-0.39, 0.29) is 6.10 Å². The Morgan fingerprint density at radius 1 is 1.11 bits per heavy atom. The van der Waals surface area contributed by atoms with E-state index in [1.165, 1.54) is 5.56 Å². The zero-order valence-corrected chi connectivity index (χ0v) is 15.5. The van der Waals surface area contributed by atoms with E-state index in [0.717, 1.165) is 61.9 Å². The van der Waals surface area contributed by atoms with Crippen molar-refractivity contribution in [3.8, 4) is 0 Å². The Kier molecular flexibility index (Phi) is 5.63. The van der Waals surface area contributed by atoms with Crippen molar-refractivity contribution in [1.82, 2.24) is 20.2 Å². The molecule has 6 heteroatoms. The number of aliphatic hydroxyl groups excluding tert-OH is 1. The Hall–Kier alpha value is -2.47. The molecule has 1 aliphatic carbocycles. The van der Waals surface area contributed by atoms with E-state index in [9.17, 15) is 5.11 Å². The van der Waals surface area contributed by atoms with Crippen LogP contribution in [0.15, 0.2) is 42.9 Å². The lowest BCUT2D eigenvalue weighted by molar-refractivity contribution is 0.0684. The number of nitrogens with one attached hydrogen (secondary N) is 2. The first-order chi connectivity index (χ1) is 13.3. The summed E-state index contributed by atoms with van der Waals surface area (Å²) < 4.78 is 0. The van der Waals surface area contributed by atoms with E-state index >= 15 is 0 Å². The van der Waals surface area contributed by atoms with Gasteiger partial charge in [0, 0.05) is 6.54 Å². The lowest BCUT2D eigenvalue weighted by atomic mass is 9.78. The van der Waals surface area contributed by atoms with Crippen LogP contribution in [-0.4, -0.2) is 37.9 Å². The molecular formula is C21H27N5O. The van der Waals surface area contributed by atoms with Gasteiger partial charge in [-0.05, 0) is 55.9 Å². The standard InChI is InChI=1S/C21H27N5O/c27-19(11-8-15-4-2-1-3-5-15)17-9-6-16(7-10-17)12-22-20-18-13-25-26-21(18)24-14-23-20/h1-5,13-14,16-17,19,27H,6-12H2,(H2,22,23,24,25,26)/t16?,17?,19-/m1/s1. The number of hydrogen-bond acceptors (Lipinski definition) is 5. The number of aryl methyl sites for hydroxylation is 1. The summed E-state index contributed by atoms with van der Waals surface area (Å²) in [7, 11) is 0. The fourth-order valence-corrected chi connectivity index (χ4v) is 4.12. The van der Waals surface area contributed by atoms with Crippen LogP contribution in [0, 0.1) is 11.8 Å². The number of benzene rings is 1. The average molecular weight is 365 g/mol. The van der Waals surface area contributed by atoms with Gasteiger partial charge < -0.3 is 10.4 Å². The summed E-state index contributed by atoms with van der Waals surface area (Å²) in [6.45, 7) is 0.907. The van der Waals surface area contributed by atoms with Gasteiger partial charge in [0.2, 0.25) is 0 Å². The molecule has 4 rings (SSSR count). The monoisotopic (exact) mass is 365 g/mol. The Bertz CT molecular complexity index is 842. The Balaban J connectivity index is 1.22. The molecule has 6 nitrogen and oxygen atoms in total. The summed E-state index contributed by atoms with van der Waals surface area (Å²) in [4.78, 5) is 8.51. The SMILES string of the molecule is O[C@H](CCc1ccccc1)C1CCC(CNc2ncnc3[nH]ncc23)CC1. The Labute approximate surface area is 159 Å². The first-order valence-corrected chi connectivity index (χ1v) is 9.89. The van der Waals surface area contributed by atoms with Crippen LogP contribution >= 0.6 is 0 Å². The van der Waals surface area contributed by atoms with Crippen LogP contribution in [0.2, 0.25) is 0 Å². The smallest absolute Gasteiger partial charge is 0.160 e. The molecule has 0 spiro atoms. The molecule has 0 aliphatic heterocycles. The maximum atomic E-state index is 10.6. The third-order valence-corrected chi connectivity index (χ3v) is 5.81. The number of aliphatic hydroxyl groups is 1. The second kappa shape index (κ2) is 8.48. The largest absolute Gasteiger partial charge is 0.393 e. The Morgan fingerprint density at radius 2 is 1.93 bits per heavy atom. The van der Waals surface area contributed by atoms with Crippen molar-refractivity contribution in [2.24, 2.45) is 11.8 Å². The van der Waals surface area contributed by atoms with Crippen LogP contribution in [0.25, 0.3) is 11.0 Å². The predicted octanol–water partition coefficient (Wildman–Crippen LogP) is 3.56. The van der Waals surface area contributed by atoms with Crippen LogP contribution in [0.3, 0.4) is 0 Å². The highest BCUT2D eigenvalue weighted by Crippen LogP contribution is 2.32. The summed E-state index contributed by atoms with van der Waals surface area (Å²) in [6.07, 6.45) is 9.46. The first kappa shape index (κ1) is 17.9. The van der Waals surface area contributed by atoms with E-state index in [2.05, 4.69) is 49.7 Å². The third kappa shape index (κ3) is 4.45. The van der Waals surface area contributed by atoms with Gasteiger partial charge in [-0.2, -0.15) is 5.10 Å². The number of anilines is 1. The van der Waals surface area contributed by atoms with Crippen LogP contribution in [0.1, 0.15) is 37.7 Å². The van der Waals surface area contributed by atoms with Crippen molar-refractivity contribution >= 4 is 16.9 Å². The number of aromatic amines is 1. The quantitative estimate of drug-likeness (QED) is 0.596. The van der Waals surface area contributed by atoms with E-state index < -0.39 is 0 Å². The molecule has 1 aromatic carbocycles. The minimum absolute atomic E-state index is 0.188. The van der Waals surface area contributed by atoms with Crippen LogP contribution in [-0.2, 0) is 6.42 Å². The van der Waals surface area contributed by atoms with E-state index in [1.807, 2.05) is 6.07 Å². The second-order valence-corrected chi connectivity index (χ2v) is 7.61. The lowest BCUT2D eigenvalue weighted by Gasteiger charge is -2.31. The summed E-state index contributed by atoms with van der Waals surface area (Å²) in [5, 5.41) is 21.9. The van der Waals surface area contributed by atoms with E-state index in [0.29, 0.717) is 11.8 Å². The molecule has 0 unspecified atom stereocenters. The summed E-state index contributed by atoms with van der Waals surface area (Å²) in [5.74, 6) is 1.91. The van der Waals surface area contributed by atoms with Gasteiger partial charge in [-0.15, -0.1) is 0 Å². The molecule has 1 aliphatic rings. The van der Waals surface area contributed by atoms with Crippen molar-refractivity contribution in [2.75, 3.05) is 11.9 Å². The summed E-state index contributed by atoms with van der Waals surface area (Å²) >= 11 is 0. The number of fused-ring (bicyclic) bond motifs is 1. The minimum Gasteiger partial charge on any atom is -0.393 e. The van der Waals surface area contributed by atoms with Crippen LogP contribution in [0.4, 0.5) is 5.82 Å². The van der Waals surface area contributed by atoms with Crippen LogP contribution < -0.4 is 5.32 Å². The van der Waals surface area contributed by atoms with E-state index in [4.69, 9.17) is 0 Å². The van der Waals surface area contributed by atoms with Gasteiger partial charge in [0.15, 0.2) is 5.65 Å². The van der Waals surface area contributed by atoms with Gasteiger partial charge in [0.1, 0.15) is 12.1 Å². The molecule has 3 N–H and O–H groups in total. The van der Waals surface area contributed by atoms with Gasteiger partial charge >= 0.3 is 0 Å². The van der Waals surface area contributed by atoms with Gasteiger partial charge in [-0.3, -0.25) is 5.10 Å². The molecule has 27 heavy (non-hydrogen) atoms. The molecule has 1 fully saturated rings. The van der Waals surface area contributed by atoms with Crippen LogP contribution in [0.5, 0.6) is 0 Å². The normalized spacial score (nSPS) is 21.2. The lowest BCUT2D eigenvalue weighted by Crippen LogP contribution is -2.28. The highest BCUT2D eigenvalue weighted by molar-refractivity contribution is 5.85. The first-order valence-electron chi connectivity index (χ1n) is 9.89. The maximum Gasteiger partial charge on any atom is 0.160 e. The van der Waals surface area contributed by atoms with Gasteiger partial charge in [0.05, 0.1) is 17.7 Å². The summed E-state index contributed by atoms with van der Waals surface area (Å²) in [5.41, 5.74) is 2.07. The molecule has 1 atom stereocenters. The predicted molar refractivity (Wildman–Crippen MR) is 106 cm³/mol. The molecular weight excluding hydrogens is 338 g/mol. The molecule has 2 heterocycles. The fraction of sp³-hybridized carbons (Fsp3) is 0.476. The van der Waals surface area contributed by atoms with Crippen molar-refractivity contribution in [3.05, 3.63) is 48.4 Å². The number of H-pyrrole nitrogens is 1. The fourth-order valence-electron chi connectivity index (χ4n) is 4.12. The highest BCUT2D eigenvalue weighted by Gasteiger charge is 2.26. The second-order valence-electron chi connectivity index (χ2n) is 7.61. The molecule has 3 aromatic rings. The van der Waals surface area contributed by atoms with Crippen molar-refractivity contribution < 1.29 is 5.11 Å². The van der Waals surface area contributed by atoms with Gasteiger partial charge in [-0.25, -0.2) is 9.97 Å². The third-order valence-electron chi connectivity index (χ3n) is 5.81. The molecule has 1 saturated carbocycles. The topological polar surface area (TPSA) is 86.7 Å². The molecule has 0 bridgehead atoms. The molecule has 0 saturated heterocycles. The zero-order valence-electron chi connectivity index (χ0n) is 15.5. The van der Waals surface area contributed by atoms with Gasteiger partial charge in [-0.1, -0.05) is 30.3 Å². The average Bonchev–Trinajstić information content (AvgIpc) is 3.21.